The molecule has 1 saturated heterocycles. The molecule has 4 rings (SSSR count). The molecular formula is C25H33N4O+. The van der Waals surface area contributed by atoms with E-state index in [4.69, 9.17) is 14.7 Å². The van der Waals surface area contributed by atoms with Crippen LogP contribution in [0.2, 0.25) is 0 Å². The molecule has 1 aliphatic rings. The normalized spacial score (nSPS) is 15.4. The quantitative estimate of drug-likeness (QED) is 0.618. The van der Waals surface area contributed by atoms with Gasteiger partial charge in [0.2, 0.25) is 0 Å². The van der Waals surface area contributed by atoms with Crippen LogP contribution in [0.4, 0.5) is 5.82 Å². The number of morpholine rings is 1. The SMILES string of the molecule is CC(C)(C)c1ccc(-c2nc(NCCC[NH+]3CCOCC3)c3ccccc3n2)cc1. The lowest BCUT2D eigenvalue weighted by Gasteiger charge is -2.23. The Hall–Kier alpha value is -2.50. The highest BCUT2D eigenvalue weighted by Gasteiger charge is 2.15. The van der Waals surface area contributed by atoms with E-state index in [0.717, 1.165) is 67.4 Å². The third kappa shape index (κ3) is 4.97. The Balaban J connectivity index is 1.52. The van der Waals surface area contributed by atoms with Crippen LogP contribution in [0.1, 0.15) is 32.8 Å². The van der Waals surface area contributed by atoms with Gasteiger partial charge in [0.1, 0.15) is 18.9 Å². The van der Waals surface area contributed by atoms with Crippen molar-refractivity contribution in [1.82, 2.24) is 9.97 Å². The molecule has 2 heterocycles. The van der Waals surface area contributed by atoms with Crippen molar-refractivity contribution in [2.24, 2.45) is 0 Å². The predicted molar refractivity (Wildman–Crippen MR) is 123 cm³/mol. The first-order valence-electron chi connectivity index (χ1n) is 11.0. The van der Waals surface area contributed by atoms with E-state index in [1.54, 1.807) is 4.90 Å². The highest BCUT2D eigenvalue weighted by molar-refractivity contribution is 5.90. The first kappa shape index (κ1) is 20.8. The average molecular weight is 406 g/mol. The van der Waals surface area contributed by atoms with Crippen LogP contribution in [-0.2, 0) is 10.2 Å². The highest BCUT2D eigenvalue weighted by Crippen LogP contribution is 2.27. The molecule has 1 aliphatic heterocycles. The molecule has 0 amide bonds. The van der Waals surface area contributed by atoms with Crippen molar-refractivity contribution in [2.75, 3.05) is 44.7 Å². The smallest absolute Gasteiger partial charge is 0.162 e. The minimum absolute atomic E-state index is 0.137. The van der Waals surface area contributed by atoms with Crippen molar-refractivity contribution >= 4 is 16.7 Å². The first-order valence-corrected chi connectivity index (χ1v) is 11.0. The lowest BCUT2D eigenvalue weighted by Crippen LogP contribution is -3.14. The molecule has 0 radical (unpaired) electrons. The Labute approximate surface area is 179 Å². The van der Waals surface area contributed by atoms with Gasteiger partial charge in [-0.15, -0.1) is 0 Å². The standard InChI is InChI=1S/C25H32N4O/c1-25(2,3)20-11-9-19(10-12-20)23-27-22-8-5-4-7-21(22)24(28-23)26-13-6-14-29-15-17-30-18-16-29/h4-5,7-12H,6,13-18H2,1-3H3,(H,26,27,28)/p+1. The minimum Gasteiger partial charge on any atom is -0.370 e. The van der Waals surface area contributed by atoms with Gasteiger partial charge < -0.3 is 15.0 Å². The fraction of sp³-hybridized carbons (Fsp3) is 0.440. The Morgan fingerprint density at radius 1 is 0.967 bits per heavy atom. The molecule has 0 aliphatic carbocycles. The van der Waals surface area contributed by atoms with Crippen molar-refractivity contribution in [1.29, 1.82) is 0 Å². The second kappa shape index (κ2) is 9.11. The molecule has 158 valence electrons. The number of para-hydroxylation sites is 1. The molecule has 0 unspecified atom stereocenters. The van der Waals surface area contributed by atoms with Crippen molar-refractivity contribution in [3.63, 3.8) is 0 Å². The third-order valence-corrected chi connectivity index (χ3v) is 5.81. The van der Waals surface area contributed by atoms with Crippen LogP contribution in [0.15, 0.2) is 48.5 Å². The summed E-state index contributed by atoms with van der Waals surface area (Å²) in [5.41, 5.74) is 3.48. The molecule has 0 atom stereocenters. The zero-order valence-corrected chi connectivity index (χ0v) is 18.4. The van der Waals surface area contributed by atoms with E-state index in [1.165, 1.54) is 12.1 Å². The van der Waals surface area contributed by atoms with Gasteiger partial charge in [-0.2, -0.15) is 0 Å². The Kier molecular flexibility index (Phi) is 6.30. The molecule has 0 saturated carbocycles. The predicted octanol–water partition coefficient (Wildman–Crippen LogP) is 3.31. The molecule has 5 heteroatoms. The van der Waals surface area contributed by atoms with Crippen LogP contribution in [0.5, 0.6) is 0 Å². The molecule has 0 bridgehead atoms. The van der Waals surface area contributed by atoms with E-state index in [0.29, 0.717) is 0 Å². The number of hydrogen-bond donors (Lipinski definition) is 2. The number of ether oxygens (including phenoxy) is 1. The molecule has 5 nitrogen and oxygen atoms in total. The first-order chi connectivity index (χ1) is 14.5. The number of nitrogens with one attached hydrogen (secondary N) is 2. The largest absolute Gasteiger partial charge is 0.370 e. The molecule has 0 spiro atoms. The summed E-state index contributed by atoms with van der Waals surface area (Å²) < 4.78 is 5.45. The van der Waals surface area contributed by atoms with Crippen molar-refractivity contribution in [3.05, 3.63) is 54.1 Å². The van der Waals surface area contributed by atoms with Crippen molar-refractivity contribution in [2.45, 2.75) is 32.6 Å². The van der Waals surface area contributed by atoms with Gasteiger partial charge in [-0.05, 0) is 23.1 Å². The number of nitrogens with zero attached hydrogens (tertiary/aromatic N) is 2. The Bertz CT molecular complexity index is 973. The zero-order valence-electron chi connectivity index (χ0n) is 18.4. The molecule has 2 aromatic carbocycles. The van der Waals surface area contributed by atoms with Crippen molar-refractivity contribution < 1.29 is 9.64 Å². The van der Waals surface area contributed by atoms with E-state index < -0.39 is 0 Å². The van der Waals surface area contributed by atoms with Gasteiger partial charge in [-0.25, -0.2) is 9.97 Å². The summed E-state index contributed by atoms with van der Waals surface area (Å²) in [5, 5.41) is 4.65. The molecule has 1 fully saturated rings. The summed E-state index contributed by atoms with van der Waals surface area (Å²) in [6, 6.07) is 16.9. The van der Waals surface area contributed by atoms with Gasteiger partial charge in [0.15, 0.2) is 5.82 Å². The second-order valence-corrected chi connectivity index (χ2v) is 9.13. The molecule has 2 N–H and O–H groups in total. The molecular weight excluding hydrogens is 372 g/mol. The summed E-state index contributed by atoms with van der Waals surface area (Å²) >= 11 is 0. The summed E-state index contributed by atoms with van der Waals surface area (Å²) in [7, 11) is 0. The molecule has 30 heavy (non-hydrogen) atoms. The van der Waals surface area contributed by atoms with Crippen molar-refractivity contribution in [3.8, 4) is 11.4 Å². The topological polar surface area (TPSA) is 51.5 Å². The number of quaternary nitrogens is 1. The van der Waals surface area contributed by atoms with E-state index in [1.807, 2.05) is 12.1 Å². The van der Waals surface area contributed by atoms with E-state index in [9.17, 15) is 0 Å². The Morgan fingerprint density at radius 2 is 1.70 bits per heavy atom. The zero-order chi connectivity index (χ0) is 21.0. The van der Waals surface area contributed by atoms with Gasteiger partial charge in [0, 0.05) is 23.9 Å². The number of benzene rings is 2. The lowest BCUT2D eigenvalue weighted by molar-refractivity contribution is -0.908. The van der Waals surface area contributed by atoms with E-state index in [-0.39, 0.29) is 5.41 Å². The van der Waals surface area contributed by atoms with E-state index >= 15 is 0 Å². The van der Waals surface area contributed by atoms with Gasteiger partial charge >= 0.3 is 0 Å². The number of fused-ring (bicyclic) bond motifs is 1. The van der Waals surface area contributed by atoms with Crippen LogP contribution >= 0.6 is 0 Å². The Morgan fingerprint density at radius 3 is 2.43 bits per heavy atom. The monoisotopic (exact) mass is 405 g/mol. The summed E-state index contributed by atoms with van der Waals surface area (Å²) in [6.07, 6.45) is 1.11. The highest BCUT2D eigenvalue weighted by atomic mass is 16.5. The average Bonchev–Trinajstić information content (AvgIpc) is 2.76. The third-order valence-electron chi connectivity index (χ3n) is 5.81. The summed E-state index contributed by atoms with van der Waals surface area (Å²) in [5.74, 6) is 1.70. The second-order valence-electron chi connectivity index (χ2n) is 9.13. The molecule has 3 aromatic rings. The van der Waals surface area contributed by atoms with E-state index in [2.05, 4.69) is 62.5 Å². The van der Waals surface area contributed by atoms with Gasteiger partial charge in [0.25, 0.3) is 0 Å². The fourth-order valence-electron chi connectivity index (χ4n) is 3.92. The number of anilines is 1. The number of rotatable bonds is 6. The number of hydrogen-bond acceptors (Lipinski definition) is 4. The minimum atomic E-state index is 0.137. The van der Waals surface area contributed by atoms with Gasteiger partial charge in [-0.1, -0.05) is 57.2 Å². The molecule has 1 aromatic heterocycles. The maximum Gasteiger partial charge on any atom is 0.162 e. The lowest BCUT2D eigenvalue weighted by atomic mass is 9.87. The summed E-state index contributed by atoms with van der Waals surface area (Å²) in [4.78, 5) is 11.4. The maximum atomic E-state index is 5.45. The maximum absolute atomic E-state index is 5.45. The van der Waals surface area contributed by atoms with Crippen LogP contribution in [-0.4, -0.2) is 49.4 Å². The summed E-state index contributed by atoms with van der Waals surface area (Å²) in [6.45, 7) is 12.8. The van der Waals surface area contributed by atoms with Gasteiger partial charge in [-0.3, -0.25) is 0 Å². The van der Waals surface area contributed by atoms with Gasteiger partial charge in [0.05, 0.1) is 25.3 Å². The fourth-order valence-corrected chi connectivity index (χ4v) is 3.92. The number of aromatic nitrogens is 2. The van der Waals surface area contributed by atoms with Crippen LogP contribution in [0, 0.1) is 0 Å². The van der Waals surface area contributed by atoms with Crippen LogP contribution < -0.4 is 10.2 Å². The van der Waals surface area contributed by atoms with Crippen LogP contribution in [0.3, 0.4) is 0 Å². The van der Waals surface area contributed by atoms with Crippen LogP contribution in [0.25, 0.3) is 22.3 Å².